The van der Waals surface area contributed by atoms with Gasteiger partial charge in [-0.15, -0.1) is 0 Å². The van der Waals surface area contributed by atoms with Gasteiger partial charge in [0.1, 0.15) is 29.7 Å². The average molecular weight is 416 g/mol. The van der Waals surface area contributed by atoms with Crippen molar-refractivity contribution in [1.29, 1.82) is 0 Å². The van der Waals surface area contributed by atoms with Crippen molar-refractivity contribution in [2.75, 3.05) is 13.2 Å². The normalized spacial score (nSPS) is 13.6. The Kier molecular flexibility index (Phi) is 5.33. The minimum atomic E-state index is -4.58. The summed E-state index contributed by atoms with van der Waals surface area (Å²) in [4.78, 5) is 10.9. The zero-order chi connectivity index (χ0) is 19.6. The van der Waals surface area contributed by atoms with E-state index in [9.17, 15) is 22.0 Å². The molecule has 0 bridgehead atoms. The molecule has 3 rings (SSSR count). The van der Waals surface area contributed by atoms with Crippen molar-refractivity contribution in [2.45, 2.75) is 4.90 Å². The van der Waals surface area contributed by atoms with Gasteiger partial charge in [0.25, 0.3) is 15.9 Å². The number of carbonyl (C=O) groups is 1. The summed E-state index contributed by atoms with van der Waals surface area (Å²) in [6.07, 6.45) is 2.20. The number of amides is 1. The monoisotopic (exact) mass is 415 g/mol. The van der Waals surface area contributed by atoms with E-state index in [1.54, 1.807) is 10.8 Å². The van der Waals surface area contributed by atoms with Crippen molar-refractivity contribution < 1.29 is 31.5 Å². The summed E-state index contributed by atoms with van der Waals surface area (Å²) in [7, 11) is -4.58. The number of hydrogen-bond acceptors (Lipinski definition) is 5. The summed E-state index contributed by atoms with van der Waals surface area (Å²) in [5.41, 5.74) is 0.453. The molecule has 1 N–H and O–H groups in total. The number of hydrogen-bond donors (Lipinski definition) is 1. The number of benzene rings is 2. The number of nitrogens with one attached hydrogen (secondary N) is 1. The van der Waals surface area contributed by atoms with Crippen LogP contribution in [0.4, 0.5) is 8.78 Å². The highest BCUT2D eigenvalue weighted by Gasteiger charge is 2.22. The van der Waals surface area contributed by atoms with Crippen LogP contribution in [-0.4, -0.2) is 27.5 Å². The molecule has 27 heavy (non-hydrogen) atoms. The lowest BCUT2D eigenvalue weighted by molar-refractivity contribution is -0.114. The fraction of sp³-hybridized carbons (Fsp3) is 0.118. The molecule has 142 valence electrons. The van der Waals surface area contributed by atoms with Crippen molar-refractivity contribution in [2.24, 2.45) is 0 Å². The molecule has 0 unspecified atom stereocenters. The van der Waals surface area contributed by atoms with E-state index in [0.717, 1.165) is 12.1 Å². The Morgan fingerprint density at radius 3 is 2.67 bits per heavy atom. The molecule has 2 aromatic carbocycles. The molecule has 0 atom stereocenters. The second-order valence-corrected chi connectivity index (χ2v) is 7.46. The molecule has 0 aromatic heterocycles. The van der Waals surface area contributed by atoms with Gasteiger partial charge in [-0.1, -0.05) is 11.6 Å². The molecule has 0 radical (unpaired) electrons. The number of fused-ring (bicyclic) bond motifs is 1. The quantitative estimate of drug-likeness (QED) is 0.776. The maximum absolute atomic E-state index is 13.6. The maximum Gasteiger partial charge on any atom is 0.267 e. The van der Waals surface area contributed by atoms with Crippen LogP contribution in [0.2, 0.25) is 5.02 Å². The first-order valence-electron chi connectivity index (χ1n) is 7.55. The first-order valence-corrected chi connectivity index (χ1v) is 9.41. The Hall–Kier alpha value is -2.65. The summed E-state index contributed by atoms with van der Waals surface area (Å²) < 4.78 is 63.3. The van der Waals surface area contributed by atoms with Crippen LogP contribution in [0.3, 0.4) is 0 Å². The van der Waals surface area contributed by atoms with Crippen LogP contribution >= 0.6 is 11.6 Å². The minimum absolute atomic E-state index is 0.265. The van der Waals surface area contributed by atoms with Gasteiger partial charge in [0.05, 0.1) is 5.02 Å². The van der Waals surface area contributed by atoms with Crippen molar-refractivity contribution in [1.82, 2.24) is 4.72 Å². The topological polar surface area (TPSA) is 81.7 Å². The van der Waals surface area contributed by atoms with E-state index in [2.05, 4.69) is 0 Å². The fourth-order valence-electron chi connectivity index (χ4n) is 2.30. The van der Waals surface area contributed by atoms with Crippen LogP contribution < -0.4 is 14.2 Å². The molecule has 0 spiro atoms. The predicted molar refractivity (Wildman–Crippen MR) is 93.2 cm³/mol. The van der Waals surface area contributed by atoms with Crippen LogP contribution in [0.15, 0.2) is 41.3 Å². The third-order valence-corrected chi connectivity index (χ3v) is 5.11. The van der Waals surface area contributed by atoms with E-state index in [4.69, 9.17) is 21.1 Å². The molecule has 1 aliphatic heterocycles. The summed E-state index contributed by atoms with van der Waals surface area (Å²) in [5, 5.41) is 0.265. The molecular formula is C17H12ClF2NO5S. The third kappa shape index (κ3) is 4.37. The lowest BCUT2D eigenvalue weighted by Crippen LogP contribution is -2.29. The van der Waals surface area contributed by atoms with E-state index in [0.29, 0.717) is 42.4 Å². The number of rotatable bonds is 4. The van der Waals surface area contributed by atoms with Gasteiger partial charge in [-0.05, 0) is 42.0 Å². The van der Waals surface area contributed by atoms with Crippen LogP contribution in [0, 0.1) is 11.6 Å². The molecule has 0 saturated carbocycles. The van der Waals surface area contributed by atoms with Crippen molar-refractivity contribution in [3.05, 3.63) is 58.6 Å². The second-order valence-electron chi connectivity index (χ2n) is 5.40. The first kappa shape index (κ1) is 19.1. The Morgan fingerprint density at radius 1 is 1.15 bits per heavy atom. The highest BCUT2D eigenvalue weighted by Crippen LogP contribution is 2.38. The third-order valence-electron chi connectivity index (χ3n) is 3.46. The van der Waals surface area contributed by atoms with Crippen LogP contribution in [0.25, 0.3) is 6.08 Å². The summed E-state index contributed by atoms with van der Waals surface area (Å²) in [5.74, 6) is -2.41. The van der Waals surface area contributed by atoms with Gasteiger partial charge in [0, 0.05) is 6.08 Å². The first-order chi connectivity index (χ1) is 12.8. The van der Waals surface area contributed by atoms with E-state index < -0.39 is 32.5 Å². The van der Waals surface area contributed by atoms with Gasteiger partial charge >= 0.3 is 0 Å². The molecule has 0 fully saturated rings. The molecule has 1 aliphatic rings. The second kappa shape index (κ2) is 7.53. The Balaban J connectivity index is 1.77. The average Bonchev–Trinajstić information content (AvgIpc) is 2.61. The largest absolute Gasteiger partial charge is 0.486 e. The lowest BCUT2D eigenvalue weighted by atomic mass is 10.2. The zero-order valence-corrected chi connectivity index (χ0v) is 15.1. The molecule has 1 heterocycles. The number of ether oxygens (including phenoxy) is 2. The lowest BCUT2D eigenvalue weighted by Gasteiger charge is -2.19. The Labute approximate surface area is 158 Å². The molecule has 0 saturated heterocycles. The minimum Gasteiger partial charge on any atom is -0.486 e. The SMILES string of the molecule is O=C(/C=C/c1cc(Cl)c2c(c1)OCCO2)NS(=O)(=O)c1cc(F)ccc1F. The maximum atomic E-state index is 13.6. The molecule has 1 amide bonds. The highest BCUT2D eigenvalue weighted by molar-refractivity contribution is 7.90. The molecule has 10 heteroatoms. The molecular weight excluding hydrogens is 404 g/mol. The Morgan fingerprint density at radius 2 is 1.89 bits per heavy atom. The standard InChI is InChI=1S/C17H12ClF2NO5S/c18-12-7-10(8-14-17(12)26-6-5-25-14)1-4-16(22)21-27(23,24)15-9-11(19)2-3-13(15)20/h1-4,7-9H,5-6H2,(H,21,22)/b4-1+. The summed E-state index contributed by atoms with van der Waals surface area (Å²) >= 11 is 6.07. The van der Waals surface area contributed by atoms with E-state index in [-0.39, 0.29) is 5.02 Å². The van der Waals surface area contributed by atoms with Crippen molar-refractivity contribution in [3.63, 3.8) is 0 Å². The fourth-order valence-corrected chi connectivity index (χ4v) is 3.61. The van der Waals surface area contributed by atoms with Crippen LogP contribution in [-0.2, 0) is 14.8 Å². The molecule has 6 nitrogen and oxygen atoms in total. The van der Waals surface area contributed by atoms with Crippen LogP contribution in [0.5, 0.6) is 11.5 Å². The van der Waals surface area contributed by atoms with E-state index in [1.165, 1.54) is 12.1 Å². The summed E-state index contributed by atoms with van der Waals surface area (Å²) in [6.45, 7) is 0.702. The zero-order valence-electron chi connectivity index (χ0n) is 13.5. The van der Waals surface area contributed by atoms with Gasteiger partial charge in [0.15, 0.2) is 11.5 Å². The Bertz CT molecular complexity index is 1040. The van der Waals surface area contributed by atoms with Gasteiger partial charge < -0.3 is 9.47 Å². The summed E-state index contributed by atoms with van der Waals surface area (Å²) in [6, 6.07) is 4.96. The molecule has 2 aromatic rings. The van der Waals surface area contributed by atoms with Crippen molar-refractivity contribution >= 4 is 33.6 Å². The number of sulfonamides is 1. The van der Waals surface area contributed by atoms with Crippen LogP contribution in [0.1, 0.15) is 5.56 Å². The molecule has 0 aliphatic carbocycles. The van der Waals surface area contributed by atoms with E-state index in [1.807, 2.05) is 0 Å². The van der Waals surface area contributed by atoms with Crippen molar-refractivity contribution in [3.8, 4) is 11.5 Å². The van der Waals surface area contributed by atoms with Gasteiger partial charge in [0.2, 0.25) is 0 Å². The van der Waals surface area contributed by atoms with Gasteiger partial charge in [-0.3, -0.25) is 4.79 Å². The smallest absolute Gasteiger partial charge is 0.267 e. The number of carbonyl (C=O) groups excluding carboxylic acids is 1. The highest BCUT2D eigenvalue weighted by atomic mass is 35.5. The van der Waals surface area contributed by atoms with E-state index >= 15 is 0 Å². The number of halogens is 3. The van der Waals surface area contributed by atoms with Gasteiger partial charge in [-0.2, -0.15) is 0 Å². The predicted octanol–water partition coefficient (Wildman–Crippen LogP) is 2.91. The van der Waals surface area contributed by atoms with Gasteiger partial charge in [-0.25, -0.2) is 21.9 Å².